The number of ether oxygens (including phenoxy) is 3. The van der Waals surface area contributed by atoms with E-state index in [4.69, 9.17) is 14.2 Å². The summed E-state index contributed by atoms with van der Waals surface area (Å²) < 4.78 is 16.8. The van der Waals surface area contributed by atoms with Gasteiger partial charge in [-0.05, 0) is 51.4 Å². The van der Waals surface area contributed by atoms with Crippen LogP contribution in [-0.4, -0.2) is 37.2 Å². The summed E-state index contributed by atoms with van der Waals surface area (Å²) in [6.45, 7) is 6.54. The summed E-state index contributed by atoms with van der Waals surface area (Å²) in [6.07, 6.45) is 58.4. The molecule has 0 aliphatic rings. The number of unbranched alkanes of at least 4 members (excludes halogenated alkanes) is 31. The zero-order valence-electron chi connectivity index (χ0n) is 40.7. The second-order valence-electron chi connectivity index (χ2n) is 17.8. The SMILES string of the molecule is CC/C=C/C/C=C/C/C=C/CCCCCCCC(=O)OC[C@@H](COC(=O)CCCCCCCCCCCCCCCC)OC(=O)CCCCCCCCCCCCCCCC. The Morgan fingerprint density at radius 1 is 0.344 bits per heavy atom. The first-order chi connectivity index (χ1) is 30.0. The van der Waals surface area contributed by atoms with E-state index in [-0.39, 0.29) is 31.1 Å². The third-order valence-corrected chi connectivity index (χ3v) is 11.7. The first kappa shape index (κ1) is 58.6. The van der Waals surface area contributed by atoms with Crippen LogP contribution in [0.4, 0.5) is 0 Å². The second-order valence-corrected chi connectivity index (χ2v) is 17.8. The molecule has 0 aliphatic heterocycles. The predicted molar refractivity (Wildman–Crippen MR) is 261 cm³/mol. The fourth-order valence-corrected chi connectivity index (χ4v) is 7.69. The summed E-state index contributed by atoms with van der Waals surface area (Å²) >= 11 is 0. The molecule has 0 N–H and O–H groups in total. The smallest absolute Gasteiger partial charge is 0.306 e. The Morgan fingerprint density at radius 2 is 0.639 bits per heavy atom. The largest absolute Gasteiger partial charge is 0.462 e. The summed E-state index contributed by atoms with van der Waals surface area (Å²) in [5.74, 6) is -0.877. The van der Waals surface area contributed by atoms with Gasteiger partial charge in [-0.25, -0.2) is 0 Å². The number of carbonyl (C=O) groups excluding carboxylic acids is 3. The quantitative estimate of drug-likeness (QED) is 0.0262. The number of allylic oxidation sites excluding steroid dienone is 6. The Balaban J connectivity index is 4.37. The molecule has 0 fully saturated rings. The minimum atomic E-state index is -0.773. The highest BCUT2D eigenvalue weighted by Crippen LogP contribution is 2.16. The Labute approximate surface area is 378 Å². The van der Waals surface area contributed by atoms with Crippen LogP contribution in [0, 0.1) is 0 Å². The highest BCUT2D eigenvalue weighted by molar-refractivity contribution is 5.71. The Kier molecular flexibility index (Phi) is 48.3. The number of esters is 3. The van der Waals surface area contributed by atoms with Crippen LogP contribution in [-0.2, 0) is 28.6 Å². The summed E-state index contributed by atoms with van der Waals surface area (Å²) in [5.41, 5.74) is 0. The Morgan fingerprint density at radius 3 is 1.00 bits per heavy atom. The lowest BCUT2D eigenvalue weighted by Gasteiger charge is -2.18. The molecular formula is C55H100O6. The van der Waals surface area contributed by atoms with E-state index in [2.05, 4.69) is 57.2 Å². The zero-order chi connectivity index (χ0) is 44.4. The van der Waals surface area contributed by atoms with E-state index < -0.39 is 6.10 Å². The van der Waals surface area contributed by atoms with Crippen molar-refractivity contribution in [3.63, 3.8) is 0 Å². The van der Waals surface area contributed by atoms with Gasteiger partial charge in [-0.2, -0.15) is 0 Å². The van der Waals surface area contributed by atoms with E-state index in [1.807, 2.05) is 0 Å². The molecular weight excluding hydrogens is 757 g/mol. The maximum absolute atomic E-state index is 12.8. The van der Waals surface area contributed by atoms with Crippen molar-refractivity contribution < 1.29 is 28.6 Å². The standard InChI is InChI=1S/C55H100O6/c1-4-7-10-13-16-19-22-25-28-31-33-36-39-42-45-48-54(57)60-51-52(61-55(58)49-46-43-40-37-34-30-27-24-21-18-15-12-9-6-3)50-59-53(56)47-44-41-38-35-32-29-26-23-20-17-14-11-8-5-2/h7,10,16,19,25,28,52H,4-6,8-9,11-15,17-18,20-24,26-27,29-51H2,1-3H3/b10-7+,19-16+,28-25+/t52-/m1/s1. The third-order valence-electron chi connectivity index (χ3n) is 11.7. The van der Waals surface area contributed by atoms with Gasteiger partial charge < -0.3 is 14.2 Å². The van der Waals surface area contributed by atoms with Gasteiger partial charge in [0.2, 0.25) is 0 Å². The zero-order valence-corrected chi connectivity index (χ0v) is 40.7. The van der Waals surface area contributed by atoms with Gasteiger partial charge in [0.25, 0.3) is 0 Å². The molecule has 0 aromatic heterocycles. The molecule has 0 aliphatic carbocycles. The molecule has 0 radical (unpaired) electrons. The van der Waals surface area contributed by atoms with Crippen molar-refractivity contribution in [2.24, 2.45) is 0 Å². The van der Waals surface area contributed by atoms with Crippen LogP contribution in [0.2, 0.25) is 0 Å². The highest BCUT2D eigenvalue weighted by Gasteiger charge is 2.19. The van der Waals surface area contributed by atoms with Crippen LogP contribution in [0.15, 0.2) is 36.5 Å². The van der Waals surface area contributed by atoms with E-state index in [9.17, 15) is 14.4 Å². The van der Waals surface area contributed by atoms with Crippen LogP contribution in [0.5, 0.6) is 0 Å². The van der Waals surface area contributed by atoms with Gasteiger partial charge in [-0.3, -0.25) is 14.4 Å². The average molecular weight is 857 g/mol. The first-order valence-electron chi connectivity index (χ1n) is 26.5. The topological polar surface area (TPSA) is 78.9 Å². The number of hydrogen-bond donors (Lipinski definition) is 0. The molecule has 6 heteroatoms. The fraction of sp³-hybridized carbons (Fsp3) is 0.836. The summed E-state index contributed by atoms with van der Waals surface area (Å²) in [4.78, 5) is 38.0. The summed E-state index contributed by atoms with van der Waals surface area (Å²) in [5, 5.41) is 0. The molecule has 0 aromatic rings. The molecule has 0 amide bonds. The van der Waals surface area contributed by atoms with Crippen molar-refractivity contribution in [1.29, 1.82) is 0 Å². The third kappa shape index (κ3) is 48.5. The maximum Gasteiger partial charge on any atom is 0.306 e. The van der Waals surface area contributed by atoms with E-state index in [0.29, 0.717) is 19.3 Å². The van der Waals surface area contributed by atoms with Gasteiger partial charge in [-0.1, -0.05) is 243 Å². The van der Waals surface area contributed by atoms with Gasteiger partial charge in [0.15, 0.2) is 6.10 Å². The lowest BCUT2D eigenvalue weighted by molar-refractivity contribution is -0.167. The van der Waals surface area contributed by atoms with Crippen molar-refractivity contribution in [2.45, 2.75) is 284 Å². The van der Waals surface area contributed by atoms with Crippen LogP contribution in [0.25, 0.3) is 0 Å². The number of hydrogen-bond acceptors (Lipinski definition) is 6. The maximum atomic E-state index is 12.8. The Hall–Kier alpha value is -2.37. The van der Waals surface area contributed by atoms with E-state index >= 15 is 0 Å². The van der Waals surface area contributed by atoms with Gasteiger partial charge in [0, 0.05) is 19.3 Å². The molecule has 0 bridgehead atoms. The van der Waals surface area contributed by atoms with Gasteiger partial charge in [0.1, 0.15) is 13.2 Å². The normalized spacial score (nSPS) is 12.2. The van der Waals surface area contributed by atoms with Crippen molar-refractivity contribution in [3.8, 4) is 0 Å². The van der Waals surface area contributed by atoms with E-state index in [1.54, 1.807) is 0 Å². The predicted octanol–water partition coefficient (Wildman–Crippen LogP) is 17.3. The number of rotatable bonds is 48. The minimum absolute atomic E-state index is 0.0732. The molecule has 0 heterocycles. The van der Waals surface area contributed by atoms with Gasteiger partial charge in [0.05, 0.1) is 0 Å². The van der Waals surface area contributed by atoms with Crippen LogP contribution >= 0.6 is 0 Å². The first-order valence-corrected chi connectivity index (χ1v) is 26.5. The van der Waals surface area contributed by atoms with Crippen molar-refractivity contribution in [3.05, 3.63) is 36.5 Å². The van der Waals surface area contributed by atoms with Crippen molar-refractivity contribution in [1.82, 2.24) is 0 Å². The minimum Gasteiger partial charge on any atom is -0.462 e. The van der Waals surface area contributed by atoms with Crippen molar-refractivity contribution in [2.75, 3.05) is 13.2 Å². The summed E-state index contributed by atoms with van der Waals surface area (Å²) in [7, 11) is 0. The van der Waals surface area contributed by atoms with Crippen LogP contribution in [0.3, 0.4) is 0 Å². The fourth-order valence-electron chi connectivity index (χ4n) is 7.69. The monoisotopic (exact) mass is 857 g/mol. The molecule has 61 heavy (non-hydrogen) atoms. The average Bonchev–Trinajstić information content (AvgIpc) is 3.26. The van der Waals surface area contributed by atoms with E-state index in [1.165, 1.54) is 141 Å². The molecule has 0 aromatic carbocycles. The Bertz CT molecular complexity index is 1030. The molecule has 0 spiro atoms. The van der Waals surface area contributed by atoms with Crippen LogP contribution in [0.1, 0.15) is 278 Å². The number of carbonyl (C=O) groups is 3. The van der Waals surface area contributed by atoms with Crippen LogP contribution < -0.4 is 0 Å². The van der Waals surface area contributed by atoms with Crippen molar-refractivity contribution >= 4 is 17.9 Å². The van der Waals surface area contributed by atoms with Gasteiger partial charge >= 0.3 is 17.9 Å². The molecule has 1 atom stereocenters. The molecule has 356 valence electrons. The molecule has 0 rings (SSSR count). The lowest BCUT2D eigenvalue weighted by Crippen LogP contribution is -2.30. The molecule has 0 unspecified atom stereocenters. The lowest BCUT2D eigenvalue weighted by atomic mass is 10.0. The molecule has 0 saturated heterocycles. The highest BCUT2D eigenvalue weighted by atomic mass is 16.6. The second kappa shape index (κ2) is 50.3. The van der Waals surface area contributed by atoms with Gasteiger partial charge in [-0.15, -0.1) is 0 Å². The molecule has 0 saturated carbocycles. The summed E-state index contributed by atoms with van der Waals surface area (Å²) in [6, 6.07) is 0. The molecule has 6 nitrogen and oxygen atoms in total. The van der Waals surface area contributed by atoms with E-state index in [0.717, 1.165) is 96.3 Å².